The molecule has 12 heteroatoms. The number of carboxylic acid groups (broad SMARTS) is 2. The van der Waals surface area contributed by atoms with Crippen molar-refractivity contribution in [3.05, 3.63) is 0 Å². The Kier molecular flexibility index (Phi) is 13.8. The van der Waals surface area contributed by atoms with Gasteiger partial charge in [-0.1, -0.05) is 26.7 Å². The van der Waals surface area contributed by atoms with Gasteiger partial charge in [-0.3, -0.25) is 24.0 Å². The first-order valence-electron chi connectivity index (χ1n) is 10.8. The van der Waals surface area contributed by atoms with Crippen LogP contribution in [0.4, 0.5) is 0 Å². The van der Waals surface area contributed by atoms with Gasteiger partial charge in [0.05, 0.1) is 6.04 Å². The van der Waals surface area contributed by atoms with E-state index in [1.165, 1.54) is 6.92 Å². The average molecular weight is 460 g/mol. The van der Waals surface area contributed by atoms with Gasteiger partial charge in [-0.2, -0.15) is 0 Å². The molecule has 184 valence electrons. The van der Waals surface area contributed by atoms with Crippen LogP contribution in [0, 0.1) is 5.92 Å². The Morgan fingerprint density at radius 2 is 1.50 bits per heavy atom. The van der Waals surface area contributed by atoms with Gasteiger partial charge < -0.3 is 37.6 Å². The number of aliphatic carboxylic acids is 2. The Bertz CT molecular complexity index is 658. The van der Waals surface area contributed by atoms with Crippen molar-refractivity contribution in [3.8, 4) is 0 Å². The fraction of sp³-hybridized carbons (Fsp3) is 0.750. The van der Waals surface area contributed by atoms with Gasteiger partial charge >= 0.3 is 11.9 Å². The molecular formula is C20H37N5O7. The zero-order valence-corrected chi connectivity index (χ0v) is 18.9. The van der Waals surface area contributed by atoms with Crippen LogP contribution in [0.2, 0.25) is 0 Å². The second-order valence-electron chi connectivity index (χ2n) is 7.82. The summed E-state index contributed by atoms with van der Waals surface area (Å²) in [6.45, 7) is 5.24. The van der Waals surface area contributed by atoms with E-state index in [1.54, 1.807) is 13.8 Å². The highest BCUT2D eigenvalue weighted by Crippen LogP contribution is 2.10. The first-order chi connectivity index (χ1) is 14.9. The Morgan fingerprint density at radius 1 is 0.875 bits per heavy atom. The molecule has 9 N–H and O–H groups in total. The highest BCUT2D eigenvalue weighted by Gasteiger charge is 2.32. The zero-order valence-electron chi connectivity index (χ0n) is 18.9. The summed E-state index contributed by atoms with van der Waals surface area (Å²) in [5, 5.41) is 25.3. The normalized spacial score (nSPS) is 15.5. The SMILES string of the molecule is CCC(C)C(NC(=O)C(CCC(=O)O)NC(=O)C(N)CCCCN)C(=O)NC(C)C(=O)O. The second kappa shape index (κ2) is 15.1. The molecule has 0 heterocycles. The Morgan fingerprint density at radius 3 is 2.00 bits per heavy atom. The molecule has 0 aliphatic rings. The van der Waals surface area contributed by atoms with Crippen molar-refractivity contribution in [1.82, 2.24) is 16.0 Å². The van der Waals surface area contributed by atoms with Gasteiger partial charge in [-0.15, -0.1) is 0 Å². The minimum Gasteiger partial charge on any atom is -0.481 e. The van der Waals surface area contributed by atoms with Crippen LogP contribution in [-0.4, -0.2) is 70.6 Å². The molecule has 5 atom stereocenters. The standard InChI is InChI=1S/C20H37N5O7/c1-4-11(2)16(19(30)23-12(3)20(31)32)25-18(29)14(8-9-15(26)27)24-17(28)13(22)7-5-6-10-21/h11-14,16H,4-10,21-22H2,1-3H3,(H,23,30)(H,24,28)(H,25,29)(H,26,27)(H,31,32). The van der Waals surface area contributed by atoms with E-state index in [1.807, 2.05) is 0 Å². The molecule has 3 amide bonds. The molecule has 0 radical (unpaired) electrons. The Labute approximate surface area is 187 Å². The lowest BCUT2D eigenvalue weighted by atomic mass is 9.97. The maximum atomic E-state index is 12.9. The number of carboxylic acids is 2. The van der Waals surface area contributed by atoms with E-state index < -0.39 is 60.2 Å². The van der Waals surface area contributed by atoms with Crippen molar-refractivity contribution in [3.63, 3.8) is 0 Å². The Balaban J connectivity index is 5.38. The summed E-state index contributed by atoms with van der Waals surface area (Å²) in [4.78, 5) is 59.8. The number of hydrogen-bond acceptors (Lipinski definition) is 7. The van der Waals surface area contributed by atoms with Crippen molar-refractivity contribution < 1.29 is 34.2 Å². The van der Waals surface area contributed by atoms with Crippen molar-refractivity contribution in [2.75, 3.05) is 6.54 Å². The molecule has 0 rings (SSSR count). The predicted molar refractivity (Wildman–Crippen MR) is 116 cm³/mol. The average Bonchev–Trinajstić information content (AvgIpc) is 2.73. The van der Waals surface area contributed by atoms with Crippen molar-refractivity contribution in [2.24, 2.45) is 17.4 Å². The monoisotopic (exact) mass is 459 g/mol. The molecule has 5 unspecified atom stereocenters. The quantitative estimate of drug-likeness (QED) is 0.139. The maximum absolute atomic E-state index is 12.9. The first-order valence-corrected chi connectivity index (χ1v) is 10.8. The van der Waals surface area contributed by atoms with Crippen molar-refractivity contribution in [2.45, 2.75) is 83.5 Å². The molecule has 0 aromatic carbocycles. The highest BCUT2D eigenvalue weighted by atomic mass is 16.4. The Hall–Kier alpha value is -2.73. The van der Waals surface area contributed by atoms with E-state index in [4.69, 9.17) is 21.7 Å². The molecule has 0 aromatic rings. The van der Waals surface area contributed by atoms with Gasteiger partial charge in [-0.25, -0.2) is 0 Å². The van der Waals surface area contributed by atoms with Crippen LogP contribution < -0.4 is 27.4 Å². The molecule has 0 fully saturated rings. The summed E-state index contributed by atoms with van der Waals surface area (Å²) in [7, 11) is 0. The lowest BCUT2D eigenvalue weighted by Crippen LogP contribution is -2.58. The number of carbonyl (C=O) groups excluding carboxylic acids is 3. The molecule has 0 aliphatic carbocycles. The molecule has 0 saturated carbocycles. The fourth-order valence-corrected chi connectivity index (χ4v) is 2.78. The fourth-order valence-electron chi connectivity index (χ4n) is 2.78. The molecule has 12 nitrogen and oxygen atoms in total. The third kappa shape index (κ3) is 11.0. The summed E-state index contributed by atoms with van der Waals surface area (Å²) < 4.78 is 0. The van der Waals surface area contributed by atoms with Crippen LogP contribution in [0.25, 0.3) is 0 Å². The van der Waals surface area contributed by atoms with Gasteiger partial charge in [0.25, 0.3) is 0 Å². The van der Waals surface area contributed by atoms with Crippen LogP contribution in [0.1, 0.15) is 59.3 Å². The van der Waals surface area contributed by atoms with Gasteiger partial charge in [0.1, 0.15) is 18.1 Å². The van der Waals surface area contributed by atoms with E-state index in [-0.39, 0.29) is 12.3 Å². The van der Waals surface area contributed by atoms with Crippen molar-refractivity contribution in [1.29, 1.82) is 0 Å². The van der Waals surface area contributed by atoms with Crippen LogP contribution >= 0.6 is 0 Å². The van der Waals surface area contributed by atoms with E-state index >= 15 is 0 Å². The zero-order chi connectivity index (χ0) is 24.8. The largest absolute Gasteiger partial charge is 0.481 e. The highest BCUT2D eigenvalue weighted by molar-refractivity contribution is 5.94. The number of hydrogen-bond donors (Lipinski definition) is 7. The van der Waals surface area contributed by atoms with Gasteiger partial charge in [0.2, 0.25) is 17.7 Å². The van der Waals surface area contributed by atoms with Crippen LogP contribution in [0.3, 0.4) is 0 Å². The molecule has 0 spiro atoms. The number of rotatable bonds is 16. The smallest absolute Gasteiger partial charge is 0.325 e. The maximum Gasteiger partial charge on any atom is 0.325 e. The van der Waals surface area contributed by atoms with E-state index in [9.17, 15) is 24.0 Å². The van der Waals surface area contributed by atoms with Gasteiger partial charge in [0.15, 0.2) is 0 Å². The number of nitrogens with two attached hydrogens (primary N) is 2. The molecule has 0 aliphatic heterocycles. The lowest BCUT2D eigenvalue weighted by Gasteiger charge is -2.27. The van der Waals surface area contributed by atoms with Crippen LogP contribution in [0.15, 0.2) is 0 Å². The molecule has 0 bridgehead atoms. The van der Waals surface area contributed by atoms with E-state index in [0.29, 0.717) is 32.2 Å². The number of amides is 3. The van der Waals surface area contributed by atoms with Gasteiger partial charge in [0, 0.05) is 6.42 Å². The van der Waals surface area contributed by atoms with Crippen LogP contribution in [-0.2, 0) is 24.0 Å². The number of carbonyl (C=O) groups is 5. The third-order valence-electron chi connectivity index (χ3n) is 5.11. The second-order valence-corrected chi connectivity index (χ2v) is 7.82. The van der Waals surface area contributed by atoms with Gasteiger partial charge in [-0.05, 0) is 38.6 Å². The number of nitrogens with one attached hydrogen (secondary N) is 3. The molecular weight excluding hydrogens is 422 g/mol. The summed E-state index contributed by atoms with van der Waals surface area (Å²) in [6, 6.07) is -4.36. The minimum atomic E-state index is -1.23. The molecule has 0 aromatic heterocycles. The first kappa shape index (κ1) is 29.3. The molecule has 0 saturated heterocycles. The summed E-state index contributed by atoms with van der Waals surface area (Å²) in [6.07, 6.45) is 1.55. The summed E-state index contributed by atoms with van der Waals surface area (Å²) in [5.74, 6) is -4.80. The van der Waals surface area contributed by atoms with Crippen LogP contribution in [0.5, 0.6) is 0 Å². The molecule has 32 heavy (non-hydrogen) atoms. The summed E-state index contributed by atoms with van der Waals surface area (Å²) >= 11 is 0. The predicted octanol–water partition coefficient (Wildman–Crippen LogP) is -1.09. The van der Waals surface area contributed by atoms with E-state index in [2.05, 4.69) is 16.0 Å². The van der Waals surface area contributed by atoms with Crippen molar-refractivity contribution >= 4 is 29.7 Å². The minimum absolute atomic E-state index is 0.206. The number of unbranched alkanes of at least 4 members (excludes halogenated alkanes) is 1. The summed E-state index contributed by atoms with van der Waals surface area (Å²) in [5.41, 5.74) is 11.3. The third-order valence-corrected chi connectivity index (χ3v) is 5.11. The van der Waals surface area contributed by atoms with E-state index in [0.717, 1.165) is 0 Å². The topological polar surface area (TPSA) is 214 Å². The lowest BCUT2D eigenvalue weighted by molar-refractivity contribution is -0.142.